The number of hydrogen-bond donors (Lipinski definition) is 0. The molecule has 1 unspecified atom stereocenters. The number of carbonyl (C=O) groups is 1. The molecule has 0 N–H and O–H groups in total. The maximum atomic E-state index is 11.3. The summed E-state index contributed by atoms with van der Waals surface area (Å²) in [6.07, 6.45) is 7.12. The van der Waals surface area contributed by atoms with Crippen LogP contribution in [0.3, 0.4) is 0 Å². The smallest absolute Gasteiger partial charge is 0.220 e. The van der Waals surface area contributed by atoms with Crippen molar-refractivity contribution in [3.05, 3.63) is 24.3 Å². The first-order valence-electron chi connectivity index (χ1n) is 4.82. The Hall–Kier alpha value is -1.45. The third-order valence-corrected chi connectivity index (χ3v) is 2.58. The molecule has 14 heavy (non-hydrogen) atoms. The number of carbonyl (C=O) groups excluding carboxylic acids is 1. The Kier molecular flexibility index (Phi) is 2.43. The van der Waals surface area contributed by atoms with E-state index >= 15 is 0 Å². The van der Waals surface area contributed by atoms with Crippen molar-refractivity contribution in [2.45, 2.75) is 25.8 Å². The number of nitrogens with zero attached hydrogens (tertiary/aromatic N) is 3. The predicted molar refractivity (Wildman–Crippen MR) is 51.4 cm³/mol. The SMILES string of the molecule is CC(=O)N1CCCC1c1cnccn1. The molecule has 0 saturated carbocycles. The highest BCUT2D eigenvalue weighted by molar-refractivity contribution is 5.74. The first-order chi connectivity index (χ1) is 6.79. The summed E-state index contributed by atoms with van der Waals surface area (Å²) < 4.78 is 0. The molecule has 1 aliphatic rings. The van der Waals surface area contributed by atoms with Crippen LogP contribution in [0.2, 0.25) is 0 Å². The molecule has 0 aromatic carbocycles. The first kappa shape index (κ1) is 9.12. The topological polar surface area (TPSA) is 46.1 Å². The van der Waals surface area contributed by atoms with E-state index in [-0.39, 0.29) is 11.9 Å². The molecule has 0 radical (unpaired) electrons. The van der Waals surface area contributed by atoms with E-state index in [1.165, 1.54) is 0 Å². The summed E-state index contributed by atoms with van der Waals surface area (Å²) in [7, 11) is 0. The quantitative estimate of drug-likeness (QED) is 0.669. The second-order valence-electron chi connectivity index (χ2n) is 3.50. The number of amides is 1. The summed E-state index contributed by atoms with van der Waals surface area (Å²) in [5.74, 6) is 0.123. The molecule has 1 atom stereocenters. The van der Waals surface area contributed by atoms with Crippen LogP contribution in [-0.4, -0.2) is 27.3 Å². The molecular weight excluding hydrogens is 178 g/mol. The fourth-order valence-electron chi connectivity index (χ4n) is 1.93. The zero-order valence-electron chi connectivity index (χ0n) is 8.18. The van der Waals surface area contributed by atoms with Crippen LogP contribution in [0.1, 0.15) is 31.5 Å². The van der Waals surface area contributed by atoms with Crippen LogP contribution >= 0.6 is 0 Å². The Labute approximate surface area is 83.0 Å². The van der Waals surface area contributed by atoms with Gasteiger partial charge in [-0.05, 0) is 12.8 Å². The van der Waals surface area contributed by atoms with Gasteiger partial charge in [-0.2, -0.15) is 0 Å². The van der Waals surface area contributed by atoms with E-state index in [2.05, 4.69) is 9.97 Å². The Balaban J connectivity index is 2.22. The Morgan fingerprint density at radius 3 is 3.07 bits per heavy atom. The molecular formula is C10H13N3O. The largest absolute Gasteiger partial charge is 0.334 e. The molecule has 4 heteroatoms. The molecule has 1 aromatic rings. The van der Waals surface area contributed by atoms with Gasteiger partial charge < -0.3 is 4.90 Å². The van der Waals surface area contributed by atoms with Gasteiger partial charge in [0, 0.05) is 25.9 Å². The van der Waals surface area contributed by atoms with Crippen molar-refractivity contribution < 1.29 is 4.79 Å². The lowest BCUT2D eigenvalue weighted by molar-refractivity contribution is -0.129. The number of likely N-dealkylation sites (tertiary alicyclic amines) is 1. The summed E-state index contributed by atoms with van der Waals surface area (Å²) in [5, 5.41) is 0. The summed E-state index contributed by atoms with van der Waals surface area (Å²) in [6.45, 7) is 2.45. The van der Waals surface area contributed by atoms with Crippen LogP contribution in [0.15, 0.2) is 18.6 Å². The highest BCUT2D eigenvalue weighted by Gasteiger charge is 2.28. The number of aromatic nitrogens is 2. The van der Waals surface area contributed by atoms with Crippen molar-refractivity contribution in [3.8, 4) is 0 Å². The first-order valence-corrected chi connectivity index (χ1v) is 4.82. The molecule has 1 saturated heterocycles. The van der Waals surface area contributed by atoms with Crippen molar-refractivity contribution >= 4 is 5.91 Å². The minimum absolute atomic E-state index is 0.123. The van der Waals surface area contributed by atoms with Gasteiger partial charge in [-0.3, -0.25) is 14.8 Å². The summed E-state index contributed by atoms with van der Waals surface area (Å²) >= 11 is 0. The second-order valence-corrected chi connectivity index (χ2v) is 3.50. The fraction of sp³-hybridized carbons (Fsp3) is 0.500. The molecule has 2 rings (SSSR count). The molecule has 1 aliphatic heterocycles. The van der Waals surface area contributed by atoms with Gasteiger partial charge in [-0.15, -0.1) is 0 Å². The van der Waals surface area contributed by atoms with Crippen LogP contribution in [0.25, 0.3) is 0 Å². The number of rotatable bonds is 1. The van der Waals surface area contributed by atoms with E-state index in [4.69, 9.17) is 0 Å². The number of hydrogen-bond acceptors (Lipinski definition) is 3. The normalized spacial score (nSPS) is 21.2. The lowest BCUT2D eigenvalue weighted by Gasteiger charge is -2.22. The monoisotopic (exact) mass is 191 g/mol. The Morgan fingerprint density at radius 2 is 2.43 bits per heavy atom. The molecule has 1 amide bonds. The van der Waals surface area contributed by atoms with Crippen molar-refractivity contribution in [1.29, 1.82) is 0 Å². The molecule has 1 aromatic heterocycles. The van der Waals surface area contributed by atoms with Gasteiger partial charge in [0.15, 0.2) is 0 Å². The molecule has 0 spiro atoms. The summed E-state index contributed by atoms with van der Waals surface area (Å²) in [4.78, 5) is 21.4. The standard InChI is InChI=1S/C10H13N3O/c1-8(14)13-6-2-3-10(13)9-7-11-4-5-12-9/h4-5,7,10H,2-3,6H2,1H3. The summed E-state index contributed by atoms with van der Waals surface area (Å²) in [6, 6.07) is 0.140. The maximum absolute atomic E-state index is 11.3. The molecule has 1 fully saturated rings. The van der Waals surface area contributed by atoms with E-state index in [1.54, 1.807) is 25.5 Å². The summed E-state index contributed by atoms with van der Waals surface area (Å²) in [5.41, 5.74) is 0.903. The third-order valence-electron chi connectivity index (χ3n) is 2.58. The zero-order chi connectivity index (χ0) is 9.97. The van der Waals surface area contributed by atoms with Gasteiger partial charge in [0.1, 0.15) is 0 Å². The van der Waals surface area contributed by atoms with E-state index < -0.39 is 0 Å². The van der Waals surface area contributed by atoms with Gasteiger partial charge >= 0.3 is 0 Å². The highest BCUT2D eigenvalue weighted by atomic mass is 16.2. The van der Waals surface area contributed by atoms with E-state index in [0.717, 1.165) is 25.1 Å². The van der Waals surface area contributed by atoms with E-state index in [1.807, 2.05) is 4.90 Å². The minimum Gasteiger partial charge on any atom is -0.334 e. The molecule has 74 valence electrons. The van der Waals surface area contributed by atoms with Crippen molar-refractivity contribution in [2.24, 2.45) is 0 Å². The Bertz CT molecular complexity index is 325. The molecule has 4 nitrogen and oxygen atoms in total. The average Bonchev–Trinajstić information content (AvgIpc) is 2.67. The molecule has 0 bridgehead atoms. The van der Waals surface area contributed by atoms with Gasteiger partial charge in [0.25, 0.3) is 0 Å². The van der Waals surface area contributed by atoms with E-state index in [9.17, 15) is 4.79 Å². The molecule has 0 aliphatic carbocycles. The third kappa shape index (κ3) is 1.60. The van der Waals surface area contributed by atoms with Crippen LogP contribution in [0.5, 0.6) is 0 Å². The van der Waals surface area contributed by atoms with Crippen molar-refractivity contribution in [1.82, 2.24) is 14.9 Å². The van der Waals surface area contributed by atoms with Crippen LogP contribution in [0, 0.1) is 0 Å². The predicted octanol–water partition coefficient (Wildman–Crippen LogP) is 1.16. The zero-order valence-corrected chi connectivity index (χ0v) is 8.18. The van der Waals surface area contributed by atoms with Crippen molar-refractivity contribution in [3.63, 3.8) is 0 Å². The average molecular weight is 191 g/mol. The highest BCUT2D eigenvalue weighted by Crippen LogP contribution is 2.29. The maximum Gasteiger partial charge on any atom is 0.220 e. The van der Waals surface area contributed by atoms with Crippen LogP contribution < -0.4 is 0 Å². The minimum atomic E-state index is 0.123. The van der Waals surface area contributed by atoms with Crippen LogP contribution in [-0.2, 0) is 4.79 Å². The Morgan fingerprint density at radius 1 is 1.57 bits per heavy atom. The molecule has 2 heterocycles. The fourth-order valence-corrected chi connectivity index (χ4v) is 1.93. The lowest BCUT2D eigenvalue weighted by Crippen LogP contribution is -2.28. The van der Waals surface area contributed by atoms with Gasteiger partial charge in [-0.1, -0.05) is 0 Å². The van der Waals surface area contributed by atoms with Gasteiger partial charge in [0.2, 0.25) is 5.91 Å². The van der Waals surface area contributed by atoms with E-state index in [0.29, 0.717) is 0 Å². The van der Waals surface area contributed by atoms with Gasteiger partial charge in [-0.25, -0.2) is 0 Å². The van der Waals surface area contributed by atoms with Crippen molar-refractivity contribution in [2.75, 3.05) is 6.54 Å². The second kappa shape index (κ2) is 3.74. The lowest BCUT2D eigenvalue weighted by atomic mass is 10.1. The van der Waals surface area contributed by atoms with Gasteiger partial charge in [0.05, 0.1) is 17.9 Å². The van der Waals surface area contributed by atoms with Crippen LogP contribution in [0.4, 0.5) is 0 Å².